The van der Waals surface area contributed by atoms with Crippen molar-refractivity contribution in [3.8, 4) is 0 Å². The van der Waals surface area contributed by atoms with E-state index in [1.807, 2.05) is 36.4 Å². The van der Waals surface area contributed by atoms with Gasteiger partial charge in [0.2, 0.25) is 0 Å². The van der Waals surface area contributed by atoms with Gasteiger partial charge in [0.1, 0.15) is 0 Å². The molecule has 3 aliphatic heterocycles. The standard InChI is InChI=1S/C22H26F3N5O2/c1-12-7-16-15(4-5-17-20(16)32-21(31)28-17)19(30(12)11-22(23,24)25)18-6-3-13(10-29(18)2)27-14-8-26-9-14/h3-6,10,12,14,18-19,26-27H,7-9,11H2,1-2H3,(H,28,31)/t12-,18?,19+/m1/s1. The van der Waals surface area contributed by atoms with Crippen LogP contribution in [0.5, 0.6) is 0 Å². The molecule has 3 N–H and O–H groups in total. The second kappa shape index (κ2) is 7.70. The summed E-state index contributed by atoms with van der Waals surface area (Å²) in [7, 11) is 1.88. The first kappa shape index (κ1) is 21.1. The Labute approximate surface area is 182 Å². The van der Waals surface area contributed by atoms with E-state index >= 15 is 0 Å². The fourth-order valence-corrected chi connectivity index (χ4v) is 5.01. The predicted molar refractivity (Wildman–Crippen MR) is 114 cm³/mol. The van der Waals surface area contributed by atoms with Gasteiger partial charge in [0.25, 0.3) is 0 Å². The first-order valence-corrected chi connectivity index (χ1v) is 10.8. The van der Waals surface area contributed by atoms with E-state index in [2.05, 4.69) is 15.6 Å². The molecule has 0 saturated carbocycles. The molecule has 10 heteroatoms. The number of alkyl halides is 3. The van der Waals surface area contributed by atoms with Gasteiger partial charge in [-0.25, -0.2) is 4.79 Å². The number of hydrogen-bond donors (Lipinski definition) is 3. The van der Waals surface area contributed by atoms with Gasteiger partial charge in [-0.1, -0.05) is 12.1 Å². The zero-order chi connectivity index (χ0) is 22.6. The van der Waals surface area contributed by atoms with E-state index in [-0.39, 0.29) is 12.1 Å². The Hall–Kier alpha value is -2.72. The third-order valence-corrected chi connectivity index (χ3v) is 6.59. The topological polar surface area (TPSA) is 76.5 Å². The van der Waals surface area contributed by atoms with Crippen LogP contribution >= 0.6 is 0 Å². The third kappa shape index (κ3) is 3.81. The van der Waals surface area contributed by atoms with E-state index in [1.54, 1.807) is 13.0 Å². The van der Waals surface area contributed by atoms with Crippen molar-refractivity contribution in [1.29, 1.82) is 0 Å². The molecule has 172 valence electrons. The highest BCUT2D eigenvalue weighted by Crippen LogP contribution is 2.42. The van der Waals surface area contributed by atoms with Crippen LogP contribution in [0.25, 0.3) is 11.1 Å². The molecule has 0 bridgehead atoms. The zero-order valence-corrected chi connectivity index (χ0v) is 17.9. The molecule has 0 aliphatic carbocycles. The first-order valence-electron chi connectivity index (χ1n) is 10.8. The zero-order valence-electron chi connectivity index (χ0n) is 17.9. The van der Waals surface area contributed by atoms with Crippen molar-refractivity contribution in [2.75, 3.05) is 26.7 Å². The molecule has 1 fully saturated rings. The molecule has 7 nitrogen and oxygen atoms in total. The highest BCUT2D eigenvalue weighted by Gasteiger charge is 2.44. The molecule has 32 heavy (non-hydrogen) atoms. The summed E-state index contributed by atoms with van der Waals surface area (Å²) in [6.07, 6.45) is 1.90. The van der Waals surface area contributed by atoms with Crippen molar-refractivity contribution in [3.63, 3.8) is 0 Å². The Kier molecular flexibility index (Phi) is 5.09. The summed E-state index contributed by atoms with van der Waals surface area (Å²) >= 11 is 0. The summed E-state index contributed by atoms with van der Waals surface area (Å²) in [4.78, 5) is 17.9. The second-order valence-electron chi connectivity index (χ2n) is 8.91. The summed E-state index contributed by atoms with van der Waals surface area (Å²) in [5.41, 5.74) is 3.50. The number of rotatable bonds is 4. The summed E-state index contributed by atoms with van der Waals surface area (Å²) < 4.78 is 46.1. The van der Waals surface area contributed by atoms with Crippen molar-refractivity contribution in [2.24, 2.45) is 0 Å². The van der Waals surface area contributed by atoms with Crippen LogP contribution in [0.1, 0.15) is 24.1 Å². The molecular formula is C22H26F3N5O2. The number of nitrogens with zero attached hydrogens (tertiary/aromatic N) is 2. The van der Waals surface area contributed by atoms with Crippen molar-refractivity contribution in [1.82, 2.24) is 25.4 Å². The molecule has 1 unspecified atom stereocenters. The number of allylic oxidation sites excluding steroid dienone is 1. The Morgan fingerprint density at radius 1 is 1.28 bits per heavy atom. The highest BCUT2D eigenvalue weighted by atomic mass is 19.4. The number of aromatic amines is 1. The van der Waals surface area contributed by atoms with Gasteiger partial charge in [0, 0.05) is 37.9 Å². The molecule has 0 amide bonds. The second-order valence-corrected chi connectivity index (χ2v) is 8.91. The largest absolute Gasteiger partial charge is 0.417 e. The van der Waals surface area contributed by atoms with Crippen LogP contribution in [0, 0.1) is 0 Å². The van der Waals surface area contributed by atoms with Crippen molar-refractivity contribution >= 4 is 11.1 Å². The Bertz CT molecular complexity index is 1130. The Morgan fingerprint density at radius 3 is 2.72 bits per heavy atom. The van der Waals surface area contributed by atoms with Gasteiger partial charge in [-0.05, 0) is 31.1 Å². The lowest BCUT2D eigenvalue weighted by Gasteiger charge is -2.47. The summed E-state index contributed by atoms with van der Waals surface area (Å²) in [6, 6.07) is 2.65. The molecule has 4 heterocycles. The van der Waals surface area contributed by atoms with E-state index < -0.39 is 24.5 Å². The summed E-state index contributed by atoms with van der Waals surface area (Å²) in [6.45, 7) is 2.57. The van der Waals surface area contributed by atoms with Gasteiger partial charge in [-0.2, -0.15) is 13.2 Å². The number of fused-ring (bicyclic) bond motifs is 3. The van der Waals surface area contributed by atoms with Crippen LogP contribution in [-0.4, -0.2) is 65.8 Å². The van der Waals surface area contributed by atoms with Gasteiger partial charge in [0.15, 0.2) is 5.58 Å². The van der Waals surface area contributed by atoms with Crippen LogP contribution < -0.4 is 16.4 Å². The van der Waals surface area contributed by atoms with Crippen molar-refractivity contribution < 1.29 is 17.6 Å². The lowest BCUT2D eigenvalue weighted by molar-refractivity contribution is -0.159. The number of halogens is 3. The lowest BCUT2D eigenvalue weighted by atomic mass is 9.83. The number of benzene rings is 1. The number of nitrogens with one attached hydrogen (secondary N) is 3. The van der Waals surface area contributed by atoms with Crippen molar-refractivity contribution in [3.05, 3.63) is 57.9 Å². The average molecular weight is 449 g/mol. The van der Waals surface area contributed by atoms with E-state index in [1.165, 1.54) is 4.90 Å². The maximum atomic E-state index is 13.6. The van der Waals surface area contributed by atoms with Gasteiger partial charge in [-0.3, -0.25) is 9.88 Å². The minimum atomic E-state index is -4.33. The van der Waals surface area contributed by atoms with Crippen LogP contribution in [-0.2, 0) is 6.42 Å². The summed E-state index contributed by atoms with van der Waals surface area (Å²) in [5, 5.41) is 6.64. The predicted octanol–water partition coefficient (Wildman–Crippen LogP) is 2.24. The molecule has 5 rings (SSSR count). The molecular weight excluding hydrogens is 423 g/mol. The Morgan fingerprint density at radius 2 is 2.06 bits per heavy atom. The van der Waals surface area contributed by atoms with Crippen LogP contribution in [0.15, 0.2) is 45.4 Å². The van der Waals surface area contributed by atoms with E-state index in [0.29, 0.717) is 23.6 Å². The van der Waals surface area contributed by atoms with Crippen LogP contribution in [0.4, 0.5) is 13.2 Å². The minimum Gasteiger partial charge on any atom is -0.408 e. The molecule has 3 atom stereocenters. The molecule has 3 aliphatic rings. The van der Waals surface area contributed by atoms with Gasteiger partial charge in [0.05, 0.1) is 35.9 Å². The first-order chi connectivity index (χ1) is 15.2. The van der Waals surface area contributed by atoms with E-state index in [4.69, 9.17) is 4.42 Å². The van der Waals surface area contributed by atoms with E-state index in [9.17, 15) is 18.0 Å². The number of aromatic nitrogens is 1. The number of oxazole rings is 1. The van der Waals surface area contributed by atoms with Crippen LogP contribution in [0.2, 0.25) is 0 Å². The van der Waals surface area contributed by atoms with Gasteiger partial charge < -0.3 is 20.0 Å². The molecule has 0 spiro atoms. The van der Waals surface area contributed by atoms with Gasteiger partial charge >= 0.3 is 11.9 Å². The molecule has 1 aromatic carbocycles. The molecule has 1 saturated heterocycles. The lowest BCUT2D eigenvalue weighted by Crippen LogP contribution is -2.55. The fourth-order valence-electron chi connectivity index (χ4n) is 5.01. The summed E-state index contributed by atoms with van der Waals surface area (Å²) in [5.74, 6) is -0.561. The fraction of sp³-hybridized carbons (Fsp3) is 0.500. The monoisotopic (exact) mass is 449 g/mol. The molecule has 0 radical (unpaired) electrons. The van der Waals surface area contributed by atoms with E-state index in [0.717, 1.165) is 29.9 Å². The Balaban J connectivity index is 1.54. The third-order valence-electron chi connectivity index (χ3n) is 6.59. The maximum Gasteiger partial charge on any atom is 0.417 e. The van der Waals surface area contributed by atoms with Gasteiger partial charge in [-0.15, -0.1) is 0 Å². The maximum absolute atomic E-state index is 13.6. The molecule has 1 aromatic heterocycles. The smallest absolute Gasteiger partial charge is 0.408 e. The quantitative estimate of drug-likeness (QED) is 0.665. The number of likely N-dealkylation sites (N-methyl/N-ethyl adjacent to an activating group) is 1. The normalized spacial score (nSPS) is 26.7. The highest BCUT2D eigenvalue weighted by molar-refractivity contribution is 5.78. The number of hydrogen-bond acceptors (Lipinski definition) is 6. The molecule has 2 aromatic rings. The van der Waals surface area contributed by atoms with Crippen LogP contribution in [0.3, 0.4) is 0 Å². The number of H-pyrrole nitrogens is 1. The van der Waals surface area contributed by atoms with Crippen molar-refractivity contribution in [2.45, 2.75) is 43.7 Å². The minimum absolute atomic E-state index is 0.313. The average Bonchev–Trinajstić information content (AvgIpc) is 3.06. The SMILES string of the molecule is C[C@@H]1Cc2c(ccc3[nH]c(=O)oc23)[C@@H](C2C=CC(NC3CNC3)=CN2C)N1CC(F)(F)F.